The van der Waals surface area contributed by atoms with Crippen molar-refractivity contribution in [3.63, 3.8) is 0 Å². The van der Waals surface area contributed by atoms with E-state index in [1.807, 2.05) is 0 Å². The summed E-state index contributed by atoms with van der Waals surface area (Å²) in [4.78, 5) is 56.1. The van der Waals surface area contributed by atoms with Gasteiger partial charge in [-0.3, -0.25) is 24.5 Å². The Bertz CT molecular complexity index is 1810. The van der Waals surface area contributed by atoms with E-state index >= 15 is 0 Å². The monoisotopic (exact) mass is 639 g/mol. The van der Waals surface area contributed by atoms with Crippen molar-refractivity contribution in [2.24, 2.45) is 11.8 Å². The van der Waals surface area contributed by atoms with Crippen LogP contribution in [-0.2, 0) is 16.1 Å². The normalized spacial score (nSPS) is 20.4. The minimum atomic E-state index is -1.25. The SMILES string of the molecule is COc1ccc(C2C(C(=O)c3ccccc3)C(c3ccc(F)cc3)C(C(=O)NCc3ccc(F)cc3)N2C(=O)C2CC2)cc1[N+](=O)[O-]. The van der Waals surface area contributed by atoms with Crippen molar-refractivity contribution in [3.05, 3.63) is 141 Å². The third kappa shape index (κ3) is 6.33. The number of nitrogens with one attached hydrogen (secondary N) is 1. The number of Topliss-reactive ketones (excluding diaryl/α,β-unsaturated/α-hetero) is 1. The second-order valence-corrected chi connectivity index (χ2v) is 11.8. The minimum absolute atomic E-state index is 0.00713. The Kier molecular flexibility index (Phi) is 8.80. The molecule has 2 aliphatic rings. The summed E-state index contributed by atoms with van der Waals surface area (Å²) in [5.41, 5.74) is 1.29. The largest absolute Gasteiger partial charge is 0.490 e. The number of rotatable bonds is 10. The highest BCUT2D eigenvalue weighted by Gasteiger charge is 2.59. The quantitative estimate of drug-likeness (QED) is 0.127. The van der Waals surface area contributed by atoms with Crippen molar-refractivity contribution in [1.82, 2.24) is 10.2 Å². The van der Waals surface area contributed by atoms with Crippen molar-refractivity contribution in [1.29, 1.82) is 0 Å². The van der Waals surface area contributed by atoms with E-state index in [1.54, 1.807) is 36.4 Å². The van der Waals surface area contributed by atoms with E-state index in [-0.39, 0.29) is 35.2 Å². The van der Waals surface area contributed by atoms with Gasteiger partial charge in [0, 0.05) is 30.0 Å². The van der Waals surface area contributed by atoms with Crippen molar-refractivity contribution in [2.75, 3.05) is 7.11 Å². The number of ether oxygens (including phenoxy) is 1. The van der Waals surface area contributed by atoms with Gasteiger partial charge < -0.3 is 15.0 Å². The summed E-state index contributed by atoms with van der Waals surface area (Å²) in [6.45, 7) is 0.00713. The number of benzene rings is 4. The molecule has 0 spiro atoms. The topological polar surface area (TPSA) is 119 Å². The lowest BCUT2D eigenvalue weighted by atomic mass is 9.76. The standard InChI is InChI=1S/C36H31F2N3O6/c1-47-29-18-13-25(19-28(29)41(45)46)32-31(34(42)23-5-3-2-4-6-23)30(22-11-16-27(38)17-12-22)33(40(32)36(44)24-9-10-24)35(43)39-20-21-7-14-26(37)15-8-21/h2-8,11-19,24,30-33H,9-10,20H2,1H3,(H,39,43). The first-order valence-corrected chi connectivity index (χ1v) is 15.2. The van der Waals surface area contributed by atoms with Gasteiger partial charge >= 0.3 is 5.69 Å². The lowest BCUT2D eigenvalue weighted by Gasteiger charge is -2.32. The summed E-state index contributed by atoms with van der Waals surface area (Å²) in [7, 11) is 1.30. The van der Waals surface area contributed by atoms with Gasteiger partial charge in [0.25, 0.3) is 0 Å². The number of halogens is 2. The highest BCUT2D eigenvalue weighted by Crippen LogP contribution is 2.53. The number of nitrogens with zero attached hydrogens (tertiary/aromatic N) is 2. The van der Waals surface area contributed by atoms with Gasteiger partial charge in [0.15, 0.2) is 11.5 Å². The molecule has 1 saturated heterocycles. The van der Waals surface area contributed by atoms with E-state index in [4.69, 9.17) is 4.74 Å². The number of hydrogen-bond donors (Lipinski definition) is 1. The van der Waals surface area contributed by atoms with Crippen LogP contribution >= 0.6 is 0 Å². The first kappa shape index (κ1) is 31.5. The van der Waals surface area contributed by atoms with E-state index in [0.717, 1.165) is 0 Å². The fraction of sp³-hybridized carbons (Fsp3) is 0.250. The highest BCUT2D eigenvalue weighted by atomic mass is 19.1. The predicted molar refractivity (Wildman–Crippen MR) is 167 cm³/mol. The van der Waals surface area contributed by atoms with Crippen LogP contribution in [-0.4, -0.2) is 40.6 Å². The van der Waals surface area contributed by atoms with Gasteiger partial charge in [-0.15, -0.1) is 0 Å². The van der Waals surface area contributed by atoms with Gasteiger partial charge in [-0.25, -0.2) is 8.78 Å². The van der Waals surface area contributed by atoms with Crippen molar-refractivity contribution < 1.29 is 32.8 Å². The van der Waals surface area contributed by atoms with E-state index in [0.29, 0.717) is 29.5 Å². The summed E-state index contributed by atoms with van der Waals surface area (Å²) in [6, 6.07) is 21.3. The van der Waals surface area contributed by atoms with Crippen LogP contribution in [0.2, 0.25) is 0 Å². The average Bonchev–Trinajstić information content (AvgIpc) is 3.88. The molecule has 2 amide bonds. The zero-order chi connectivity index (χ0) is 33.2. The maximum atomic E-state index is 14.6. The molecule has 0 bridgehead atoms. The molecule has 11 heteroatoms. The number of ketones is 1. The molecular formula is C36H31F2N3O6. The molecule has 4 aromatic carbocycles. The number of nitro benzene ring substituents is 1. The molecule has 47 heavy (non-hydrogen) atoms. The summed E-state index contributed by atoms with van der Waals surface area (Å²) in [6.07, 6.45) is 1.18. The predicted octanol–water partition coefficient (Wildman–Crippen LogP) is 6.14. The Hall–Kier alpha value is -5.45. The molecule has 2 fully saturated rings. The second kappa shape index (κ2) is 13.1. The molecule has 4 unspecified atom stereocenters. The number of hydrogen-bond acceptors (Lipinski definition) is 6. The van der Waals surface area contributed by atoms with Crippen molar-refractivity contribution in [3.8, 4) is 5.75 Å². The third-order valence-electron chi connectivity index (χ3n) is 8.85. The van der Waals surface area contributed by atoms with Crippen LogP contribution in [0.1, 0.15) is 51.8 Å². The molecule has 0 radical (unpaired) electrons. The highest BCUT2D eigenvalue weighted by molar-refractivity contribution is 6.02. The molecule has 1 aliphatic heterocycles. The van der Waals surface area contributed by atoms with Gasteiger partial charge in [0.05, 0.1) is 24.0 Å². The van der Waals surface area contributed by atoms with Crippen LogP contribution in [0.5, 0.6) is 5.75 Å². The van der Waals surface area contributed by atoms with Crippen LogP contribution in [0, 0.1) is 33.6 Å². The molecule has 1 N–H and O–H groups in total. The maximum Gasteiger partial charge on any atom is 0.311 e. The van der Waals surface area contributed by atoms with E-state index in [9.17, 15) is 33.3 Å². The number of nitro groups is 1. The number of amides is 2. The first-order chi connectivity index (χ1) is 22.7. The van der Waals surface area contributed by atoms with Gasteiger partial charge in [-0.05, 0) is 59.9 Å². The van der Waals surface area contributed by atoms with Crippen LogP contribution in [0.4, 0.5) is 14.5 Å². The lowest BCUT2D eigenvalue weighted by molar-refractivity contribution is -0.385. The van der Waals surface area contributed by atoms with Gasteiger partial charge in [0.1, 0.15) is 17.7 Å². The van der Waals surface area contributed by atoms with Crippen LogP contribution in [0.3, 0.4) is 0 Å². The minimum Gasteiger partial charge on any atom is -0.490 e. The molecule has 9 nitrogen and oxygen atoms in total. The molecular weight excluding hydrogens is 608 g/mol. The van der Waals surface area contributed by atoms with Gasteiger partial charge in [-0.2, -0.15) is 0 Å². The number of methoxy groups -OCH3 is 1. The number of likely N-dealkylation sites (tertiary alicyclic amines) is 1. The van der Waals surface area contributed by atoms with Crippen LogP contribution in [0.25, 0.3) is 0 Å². The van der Waals surface area contributed by atoms with Crippen molar-refractivity contribution >= 4 is 23.3 Å². The first-order valence-electron chi connectivity index (χ1n) is 15.2. The molecule has 4 aromatic rings. The Labute approximate surface area is 269 Å². The molecule has 6 rings (SSSR count). The van der Waals surface area contributed by atoms with E-state index < -0.39 is 52.3 Å². The Morgan fingerprint density at radius 1 is 0.894 bits per heavy atom. The molecule has 1 heterocycles. The maximum absolute atomic E-state index is 14.6. The van der Waals surface area contributed by atoms with Crippen LogP contribution in [0.15, 0.2) is 97.1 Å². The summed E-state index contributed by atoms with van der Waals surface area (Å²) in [5.74, 6) is -4.74. The molecule has 240 valence electrons. The fourth-order valence-corrected chi connectivity index (χ4v) is 6.49. The summed E-state index contributed by atoms with van der Waals surface area (Å²) in [5, 5.41) is 15.0. The molecule has 1 aliphatic carbocycles. The van der Waals surface area contributed by atoms with Crippen LogP contribution < -0.4 is 10.1 Å². The number of carbonyl (C=O) groups is 3. The second-order valence-electron chi connectivity index (χ2n) is 11.8. The zero-order valence-corrected chi connectivity index (χ0v) is 25.3. The third-order valence-corrected chi connectivity index (χ3v) is 8.85. The summed E-state index contributed by atoms with van der Waals surface area (Å²) < 4.78 is 33.0. The van der Waals surface area contributed by atoms with E-state index in [2.05, 4.69) is 5.32 Å². The molecule has 0 aromatic heterocycles. The molecule has 1 saturated carbocycles. The summed E-state index contributed by atoms with van der Waals surface area (Å²) >= 11 is 0. The molecule has 4 atom stereocenters. The number of carbonyl (C=O) groups excluding carboxylic acids is 3. The Balaban J connectivity index is 1.55. The lowest BCUT2D eigenvalue weighted by Crippen LogP contribution is -2.49. The Morgan fingerprint density at radius 3 is 2.11 bits per heavy atom. The Morgan fingerprint density at radius 2 is 1.51 bits per heavy atom. The fourth-order valence-electron chi connectivity index (χ4n) is 6.49. The zero-order valence-electron chi connectivity index (χ0n) is 25.3. The van der Waals surface area contributed by atoms with Gasteiger partial charge in [0.2, 0.25) is 11.8 Å². The van der Waals surface area contributed by atoms with Gasteiger partial charge in [-0.1, -0.05) is 60.7 Å². The van der Waals surface area contributed by atoms with Crippen molar-refractivity contribution in [2.45, 2.75) is 37.4 Å². The smallest absolute Gasteiger partial charge is 0.311 e. The van der Waals surface area contributed by atoms with E-state index in [1.165, 1.54) is 72.7 Å². The average molecular weight is 640 g/mol.